The number of esters is 2. The molecule has 254 valence electrons. The van der Waals surface area contributed by atoms with Crippen molar-refractivity contribution in [3.63, 3.8) is 0 Å². The standard InChI is InChI=1S/C33H64NO8P/c1-3-5-7-9-11-13-14-15-16-18-20-22-24-26-33(36)42-31(30-41-43(37,38)40-28-27-34)29-39-32(35)25-23-21-19-17-12-10-8-6-4-2/h13-14,31H,3-12,15-30,34H2,1-2H3,(H,37,38)/b14-13+/t31-/m1/s1. The van der Waals surface area contributed by atoms with E-state index in [0.717, 1.165) is 51.4 Å². The van der Waals surface area contributed by atoms with Crippen LogP contribution >= 0.6 is 7.82 Å². The first-order valence-corrected chi connectivity index (χ1v) is 18.7. The first-order chi connectivity index (χ1) is 20.8. The number of allylic oxidation sites excluding steroid dienone is 2. The zero-order chi connectivity index (χ0) is 31.9. The van der Waals surface area contributed by atoms with E-state index in [-0.39, 0.29) is 38.6 Å². The van der Waals surface area contributed by atoms with Gasteiger partial charge in [0.1, 0.15) is 6.61 Å². The highest BCUT2D eigenvalue weighted by Gasteiger charge is 2.25. The van der Waals surface area contributed by atoms with Gasteiger partial charge in [0.25, 0.3) is 0 Å². The molecular formula is C33H64NO8P. The Hall–Kier alpha value is -1.25. The van der Waals surface area contributed by atoms with Crippen LogP contribution in [0.15, 0.2) is 12.2 Å². The summed E-state index contributed by atoms with van der Waals surface area (Å²) in [5.74, 6) is -0.841. The van der Waals surface area contributed by atoms with E-state index in [9.17, 15) is 19.0 Å². The summed E-state index contributed by atoms with van der Waals surface area (Å²) >= 11 is 0. The Balaban J connectivity index is 4.29. The Morgan fingerprint density at radius 1 is 0.674 bits per heavy atom. The molecule has 0 saturated carbocycles. The van der Waals surface area contributed by atoms with Gasteiger partial charge < -0.3 is 20.1 Å². The van der Waals surface area contributed by atoms with E-state index in [2.05, 4.69) is 26.0 Å². The van der Waals surface area contributed by atoms with E-state index >= 15 is 0 Å². The summed E-state index contributed by atoms with van der Waals surface area (Å²) in [5.41, 5.74) is 5.31. The average molecular weight is 634 g/mol. The summed E-state index contributed by atoms with van der Waals surface area (Å²) in [4.78, 5) is 34.5. The van der Waals surface area contributed by atoms with Gasteiger partial charge in [-0.05, 0) is 38.5 Å². The number of unbranched alkanes of at least 4 members (excludes halogenated alkanes) is 17. The lowest BCUT2D eigenvalue weighted by Crippen LogP contribution is -2.29. The van der Waals surface area contributed by atoms with E-state index in [1.165, 1.54) is 70.6 Å². The van der Waals surface area contributed by atoms with Gasteiger partial charge in [0.15, 0.2) is 6.10 Å². The molecule has 0 aliphatic rings. The number of phosphoric acid groups is 1. The Kier molecular flexibility index (Phi) is 29.9. The lowest BCUT2D eigenvalue weighted by molar-refractivity contribution is -0.161. The van der Waals surface area contributed by atoms with Crippen molar-refractivity contribution in [2.75, 3.05) is 26.4 Å². The van der Waals surface area contributed by atoms with Gasteiger partial charge >= 0.3 is 19.8 Å². The molecule has 0 aromatic carbocycles. The van der Waals surface area contributed by atoms with Crippen LogP contribution in [0.1, 0.15) is 155 Å². The Labute approximate surface area is 262 Å². The molecule has 0 aromatic heterocycles. The minimum Gasteiger partial charge on any atom is -0.462 e. The summed E-state index contributed by atoms with van der Waals surface area (Å²) in [5, 5.41) is 0. The van der Waals surface area contributed by atoms with Crippen molar-refractivity contribution in [3.8, 4) is 0 Å². The third-order valence-electron chi connectivity index (χ3n) is 7.15. The van der Waals surface area contributed by atoms with Crippen LogP contribution in [0.25, 0.3) is 0 Å². The highest BCUT2D eigenvalue weighted by molar-refractivity contribution is 7.47. The van der Waals surface area contributed by atoms with Crippen LogP contribution in [0, 0.1) is 0 Å². The lowest BCUT2D eigenvalue weighted by Gasteiger charge is -2.19. The summed E-state index contributed by atoms with van der Waals surface area (Å²) < 4.78 is 32.5. The average Bonchev–Trinajstić information content (AvgIpc) is 2.99. The lowest BCUT2D eigenvalue weighted by atomic mass is 10.1. The maximum atomic E-state index is 12.4. The molecule has 0 radical (unpaired) electrons. The van der Waals surface area contributed by atoms with Gasteiger partial charge in [0, 0.05) is 19.4 Å². The zero-order valence-corrected chi connectivity index (χ0v) is 28.3. The Morgan fingerprint density at radius 2 is 1.14 bits per heavy atom. The van der Waals surface area contributed by atoms with Gasteiger partial charge in [-0.2, -0.15) is 0 Å². The molecular weight excluding hydrogens is 569 g/mol. The molecule has 0 spiro atoms. The summed E-state index contributed by atoms with van der Waals surface area (Å²) in [6.07, 6.45) is 26.7. The predicted molar refractivity (Wildman–Crippen MR) is 174 cm³/mol. The number of ether oxygens (including phenoxy) is 2. The van der Waals surface area contributed by atoms with Crippen molar-refractivity contribution < 1.29 is 37.6 Å². The molecule has 0 bridgehead atoms. The number of carbonyl (C=O) groups is 2. The molecule has 1 unspecified atom stereocenters. The number of carbonyl (C=O) groups excluding carboxylic acids is 2. The van der Waals surface area contributed by atoms with Gasteiger partial charge in [-0.1, -0.05) is 116 Å². The molecule has 0 heterocycles. The predicted octanol–water partition coefficient (Wildman–Crippen LogP) is 8.71. The number of nitrogens with two attached hydrogens (primary N) is 1. The maximum Gasteiger partial charge on any atom is 0.472 e. The third-order valence-corrected chi connectivity index (χ3v) is 8.14. The van der Waals surface area contributed by atoms with Gasteiger partial charge in [-0.3, -0.25) is 18.6 Å². The highest BCUT2D eigenvalue weighted by atomic mass is 31.2. The second kappa shape index (κ2) is 30.8. The minimum atomic E-state index is -4.36. The fraction of sp³-hybridized carbons (Fsp3) is 0.879. The quantitative estimate of drug-likeness (QED) is 0.0323. The van der Waals surface area contributed by atoms with E-state index in [0.29, 0.717) is 6.42 Å². The zero-order valence-electron chi connectivity index (χ0n) is 27.4. The maximum absolute atomic E-state index is 12.4. The van der Waals surface area contributed by atoms with Crippen LogP contribution in [-0.2, 0) is 32.7 Å². The molecule has 0 amide bonds. The van der Waals surface area contributed by atoms with Crippen molar-refractivity contribution in [1.29, 1.82) is 0 Å². The molecule has 0 aromatic rings. The minimum absolute atomic E-state index is 0.0542. The van der Waals surface area contributed by atoms with Crippen LogP contribution < -0.4 is 5.73 Å². The monoisotopic (exact) mass is 633 g/mol. The van der Waals surface area contributed by atoms with Gasteiger partial charge in [0.2, 0.25) is 0 Å². The smallest absolute Gasteiger partial charge is 0.462 e. The number of phosphoric ester groups is 1. The summed E-state index contributed by atoms with van der Waals surface area (Å²) in [6.45, 7) is 3.66. The van der Waals surface area contributed by atoms with Crippen LogP contribution in [0.3, 0.4) is 0 Å². The molecule has 2 atom stereocenters. The van der Waals surface area contributed by atoms with Crippen molar-refractivity contribution in [2.45, 2.75) is 161 Å². The number of rotatable bonds is 32. The van der Waals surface area contributed by atoms with Crippen molar-refractivity contribution in [1.82, 2.24) is 0 Å². The first-order valence-electron chi connectivity index (χ1n) is 17.2. The molecule has 0 rings (SSSR count). The molecule has 0 fully saturated rings. The molecule has 0 saturated heterocycles. The largest absolute Gasteiger partial charge is 0.472 e. The molecule has 0 aliphatic heterocycles. The summed E-state index contributed by atoms with van der Waals surface area (Å²) in [7, 11) is -4.36. The van der Waals surface area contributed by atoms with E-state index < -0.39 is 26.5 Å². The first kappa shape index (κ1) is 41.8. The third kappa shape index (κ3) is 30.6. The van der Waals surface area contributed by atoms with Crippen molar-refractivity contribution in [3.05, 3.63) is 12.2 Å². The van der Waals surface area contributed by atoms with Crippen molar-refractivity contribution in [2.24, 2.45) is 5.73 Å². The fourth-order valence-corrected chi connectivity index (χ4v) is 5.33. The normalized spacial score (nSPS) is 13.7. The highest BCUT2D eigenvalue weighted by Crippen LogP contribution is 2.43. The van der Waals surface area contributed by atoms with Crippen LogP contribution in [-0.4, -0.2) is 49.3 Å². The van der Waals surface area contributed by atoms with E-state index in [1.54, 1.807) is 0 Å². The second-order valence-electron chi connectivity index (χ2n) is 11.4. The van der Waals surface area contributed by atoms with Gasteiger partial charge in [-0.25, -0.2) is 4.57 Å². The second-order valence-corrected chi connectivity index (χ2v) is 12.8. The van der Waals surface area contributed by atoms with Crippen LogP contribution in [0.2, 0.25) is 0 Å². The van der Waals surface area contributed by atoms with Gasteiger partial charge in [-0.15, -0.1) is 0 Å². The summed E-state index contributed by atoms with van der Waals surface area (Å²) in [6, 6.07) is 0. The van der Waals surface area contributed by atoms with Crippen LogP contribution in [0.4, 0.5) is 0 Å². The Bertz CT molecular complexity index is 734. The van der Waals surface area contributed by atoms with Crippen molar-refractivity contribution >= 4 is 19.8 Å². The topological polar surface area (TPSA) is 134 Å². The molecule has 43 heavy (non-hydrogen) atoms. The van der Waals surface area contributed by atoms with Gasteiger partial charge in [0.05, 0.1) is 13.2 Å². The van der Waals surface area contributed by atoms with Crippen LogP contribution in [0.5, 0.6) is 0 Å². The molecule has 10 heteroatoms. The SMILES string of the molecule is CCCCCC/C=C/CCCCCCCC(=O)O[C@H](COC(=O)CCCCCCCCCCC)COP(=O)(O)OCCN. The number of hydrogen-bond acceptors (Lipinski definition) is 8. The molecule has 9 nitrogen and oxygen atoms in total. The molecule has 3 N–H and O–H groups in total. The number of hydrogen-bond donors (Lipinski definition) is 2. The Morgan fingerprint density at radius 3 is 1.67 bits per heavy atom. The fourth-order valence-electron chi connectivity index (χ4n) is 4.57. The van der Waals surface area contributed by atoms with E-state index in [4.69, 9.17) is 24.3 Å². The molecule has 0 aliphatic carbocycles. The van der Waals surface area contributed by atoms with E-state index in [1.807, 2.05) is 0 Å².